The quantitative estimate of drug-likeness (QED) is 0.476. The van der Waals surface area contributed by atoms with Gasteiger partial charge in [-0.1, -0.05) is 30.7 Å². The van der Waals surface area contributed by atoms with Gasteiger partial charge in [0.1, 0.15) is 0 Å². The fourth-order valence-corrected chi connectivity index (χ4v) is 4.74. The van der Waals surface area contributed by atoms with Crippen LogP contribution < -0.4 is 20.4 Å². The molecule has 4 rings (SSSR count). The van der Waals surface area contributed by atoms with E-state index in [0.29, 0.717) is 0 Å². The third-order valence-electron chi connectivity index (χ3n) is 6.68. The Morgan fingerprint density at radius 3 is 1.29 bits per heavy atom. The summed E-state index contributed by atoms with van der Waals surface area (Å²) in [6, 6.07) is 18.3. The zero-order valence-corrected chi connectivity index (χ0v) is 19.1. The van der Waals surface area contributed by atoms with Gasteiger partial charge in [-0.2, -0.15) is 0 Å². The SMILES string of the molecule is c1cc(N2CCCC2)ccc1CNCCCCCNCc1ccc(N2CCCC2)cc1. The second kappa shape index (κ2) is 12.1. The number of nitrogens with zero attached hydrogens (tertiary/aromatic N) is 2. The summed E-state index contributed by atoms with van der Waals surface area (Å²) in [5.41, 5.74) is 5.55. The van der Waals surface area contributed by atoms with Gasteiger partial charge in [0.2, 0.25) is 0 Å². The molecule has 0 bridgehead atoms. The van der Waals surface area contributed by atoms with E-state index in [1.54, 1.807) is 0 Å². The van der Waals surface area contributed by atoms with Crippen LogP contribution in [0.3, 0.4) is 0 Å². The molecule has 4 nitrogen and oxygen atoms in total. The monoisotopic (exact) mass is 420 g/mol. The van der Waals surface area contributed by atoms with Crippen molar-refractivity contribution < 1.29 is 0 Å². The Morgan fingerprint density at radius 2 is 0.903 bits per heavy atom. The lowest BCUT2D eigenvalue weighted by atomic mass is 10.2. The topological polar surface area (TPSA) is 30.5 Å². The molecule has 0 saturated carbocycles. The summed E-state index contributed by atoms with van der Waals surface area (Å²) in [4.78, 5) is 4.99. The first-order valence-electron chi connectivity index (χ1n) is 12.5. The fourth-order valence-electron chi connectivity index (χ4n) is 4.74. The minimum Gasteiger partial charge on any atom is -0.372 e. The van der Waals surface area contributed by atoms with Gasteiger partial charge in [-0.05, 0) is 87.0 Å². The first-order chi connectivity index (χ1) is 15.4. The molecule has 2 aliphatic rings. The molecule has 31 heavy (non-hydrogen) atoms. The summed E-state index contributed by atoms with van der Waals surface area (Å²) >= 11 is 0. The highest BCUT2D eigenvalue weighted by Crippen LogP contribution is 2.21. The van der Waals surface area contributed by atoms with Crippen LogP contribution in [0.25, 0.3) is 0 Å². The van der Waals surface area contributed by atoms with E-state index in [1.165, 1.54) is 93.6 Å². The van der Waals surface area contributed by atoms with Crippen molar-refractivity contribution in [1.82, 2.24) is 10.6 Å². The molecule has 2 aromatic rings. The maximum absolute atomic E-state index is 3.60. The number of anilines is 2. The summed E-state index contributed by atoms with van der Waals surface area (Å²) in [7, 11) is 0. The van der Waals surface area contributed by atoms with Crippen molar-refractivity contribution in [2.75, 3.05) is 49.1 Å². The van der Waals surface area contributed by atoms with Crippen LogP contribution in [0.5, 0.6) is 0 Å². The van der Waals surface area contributed by atoms with Gasteiger partial charge < -0.3 is 20.4 Å². The van der Waals surface area contributed by atoms with Crippen molar-refractivity contribution in [2.45, 2.75) is 58.0 Å². The Bertz CT molecular complexity index is 678. The summed E-state index contributed by atoms with van der Waals surface area (Å²) < 4.78 is 0. The van der Waals surface area contributed by atoms with Crippen LogP contribution in [0, 0.1) is 0 Å². The van der Waals surface area contributed by atoms with Gasteiger partial charge in [0, 0.05) is 50.6 Å². The smallest absolute Gasteiger partial charge is 0.0366 e. The van der Waals surface area contributed by atoms with Gasteiger partial charge >= 0.3 is 0 Å². The normalized spacial score (nSPS) is 16.4. The predicted molar refractivity (Wildman–Crippen MR) is 133 cm³/mol. The molecular formula is C27H40N4. The van der Waals surface area contributed by atoms with Crippen LogP contribution in [0.2, 0.25) is 0 Å². The van der Waals surface area contributed by atoms with Crippen molar-refractivity contribution in [3.8, 4) is 0 Å². The first-order valence-corrected chi connectivity index (χ1v) is 12.5. The lowest BCUT2D eigenvalue weighted by Crippen LogP contribution is -2.18. The van der Waals surface area contributed by atoms with Gasteiger partial charge in [0.15, 0.2) is 0 Å². The lowest BCUT2D eigenvalue weighted by molar-refractivity contribution is 0.572. The van der Waals surface area contributed by atoms with Gasteiger partial charge in [-0.15, -0.1) is 0 Å². The Labute approximate surface area is 189 Å². The number of rotatable bonds is 12. The maximum atomic E-state index is 3.60. The van der Waals surface area contributed by atoms with Crippen LogP contribution in [0.4, 0.5) is 11.4 Å². The van der Waals surface area contributed by atoms with Crippen molar-refractivity contribution in [3.63, 3.8) is 0 Å². The van der Waals surface area contributed by atoms with E-state index < -0.39 is 0 Å². The second-order valence-corrected chi connectivity index (χ2v) is 9.14. The van der Waals surface area contributed by atoms with Crippen molar-refractivity contribution >= 4 is 11.4 Å². The third-order valence-corrected chi connectivity index (χ3v) is 6.68. The molecule has 2 aromatic carbocycles. The van der Waals surface area contributed by atoms with Crippen molar-refractivity contribution in [3.05, 3.63) is 59.7 Å². The molecule has 2 aliphatic heterocycles. The zero-order valence-electron chi connectivity index (χ0n) is 19.1. The van der Waals surface area contributed by atoms with E-state index in [1.807, 2.05) is 0 Å². The van der Waals surface area contributed by atoms with E-state index >= 15 is 0 Å². The summed E-state index contributed by atoms with van der Waals surface area (Å²) in [6.45, 7) is 9.04. The molecule has 2 heterocycles. The highest BCUT2D eigenvalue weighted by atomic mass is 15.1. The molecule has 0 unspecified atom stereocenters. The Kier molecular flexibility index (Phi) is 8.66. The molecule has 0 aromatic heterocycles. The Morgan fingerprint density at radius 1 is 0.516 bits per heavy atom. The van der Waals surface area contributed by atoms with E-state index in [0.717, 1.165) is 26.2 Å². The lowest BCUT2D eigenvalue weighted by Gasteiger charge is -2.17. The number of benzene rings is 2. The highest BCUT2D eigenvalue weighted by Gasteiger charge is 2.12. The number of unbranched alkanes of at least 4 members (excludes halogenated alkanes) is 2. The summed E-state index contributed by atoms with van der Waals surface area (Å²) in [5, 5.41) is 7.20. The molecule has 0 spiro atoms. The molecule has 0 atom stereocenters. The van der Waals surface area contributed by atoms with Gasteiger partial charge in [0.25, 0.3) is 0 Å². The average molecular weight is 421 g/mol. The van der Waals surface area contributed by atoms with E-state index in [-0.39, 0.29) is 0 Å². The van der Waals surface area contributed by atoms with Crippen molar-refractivity contribution in [1.29, 1.82) is 0 Å². The Hall–Kier alpha value is -2.04. The maximum Gasteiger partial charge on any atom is 0.0366 e. The molecule has 2 N–H and O–H groups in total. The van der Waals surface area contributed by atoms with Crippen LogP contribution in [0.1, 0.15) is 56.1 Å². The molecule has 0 amide bonds. The molecule has 0 radical (unpaired) electrons. The van der Waals surface area contributed by atoms with Crippen molar-refractivity contribution in [2.24, 2.45) is 0 Å². The third kappa shape index (κ3) is 6.98. The average Bonchev–Trinajstić information content (AvgIpc) is 3.53. The zero-order chi connectivity index (χ0) is 21.1. The van der Waals surface area contributed by atoms with Gasteiger partial charge in [0.05, 0.1) is 0 Å². The standard InChI is InChI=1S/C27H40N4/c1(2-16-28-22-24-8-12-26(13-9-24)30-18-4-5-19-30)3-17-29-23-25-10-14-27(15-11-25)31-20-6-7-21-31/h8-15,28-29H,1-7,16-23H2. The van der Waals surface area contributed by atoms with Crippen LogP contribution in [-0.2, 0) is 13.1 Å². The summed E-state index contributed by atoms with van der Waals surface area (Å²) in [6.07, 6.45) is 9.13. The van der Waals surface area contributed by atoms with Gasteiger partial charge in [-0.25, -0.2) is 0 Å². The molecule has 2 fully saturated rings. The minimum atomic E-state index is 0.978. The second-order valence-electron chi connectivity index (χ2n) is 9.14. The number of nitrogens with one attached hydrogen (secondary N) is 2. The van der Waals surface area contributed by atoms with E-state index in [4.69, 9.17) is 0 Å². The van der Waals surface area contributed by atoms with Crippen LogP contribution >= 0.6 is 0 Å². The molecular weight excluding hydrogens is 380 g/mol. The predicted octanol–water partition coefficient (Wildman–Crippen LogP) is 4.94. The van der Waals surface area contributed by atoms with E-state index in [2.05, 4.69) is 69.0 Å². The van der Waals surface area contributed by atoms with Gasteiger partial charge in [-0.3, -0.25) is 0 Å². The minimum absolute atomic E-state index is 0.978. The number of hydrogen-bond donors (Lipinski definition) is 2. The fraction of sp³-hybridized carbons (Fsp3) is 0.556. The number of hydrogen-bond acceptors (Lipinski definition) is 4. The van der Waals surface area contributed by atoms with E-state index in [9.17, 15) is 0 Å². The first kappa shape index (κ1) is 22.2. The van der Waals surface area contributed by atoms with Crippen LogP contribution in [0.15, 0.2) is 48.5 Å². The van der Waals surface area contributed by atoms with Crippen LogP contribution in [-0.4, -0.2) is 39.3 Å². The summed E-state index contributed by atoms with van der Waals surface area (Å²) in [5.74, 6) is 0. The molecule has 168 valence electrons. The molecule has 4 heteroatoms. The Balaban J connectivity index is 1.01. The molecule has 0 aliphatic carbocycles. The highest BCUT2D eigenvalue weighted by molar-refractivity contribution is 5.49. The largest absolute Gasteiger partial charge is 0.372 e. The molecule has 2 saturated heterocycles.